The molecule has 2 aliphatic rings. The van der Waals surface area contributed by atoms with Crippen LogP contribution in [0.5, 0.6) is 0 Å². The molecule has 0 aromatic rings. The van der Waals surface area contributed by atoms with Gasteiger partial charge in [0.15, 0.2) is 0 Å². The molecule has 0 aromatic heterocycles. The van der Waals surface area contributed by atoms with Gasteiger partial charge in [0.05, 0.1) is 6.54 Å². The fourth-order valence-corrected chi connectivity index (χ4v) is 3.20. The van der Waals surface area contributed by atoms with Crippen LogP contribution in [-0.4, -0.2) is 48.9 Å². The Labute approximate surface area is 120 Å². The van der Waals surface area contributed by atoms with Crippen molar-refractivity contribution in [2.75, 3.05) is 26.2 Å². The smallest absolute Gasteiger partial charge is 0.231 e. The summed E-state index contributed by atoms with van der Waals surface area (Å²) < 4.78 is 0. The average Bonchev–Trinajstić information content (AvgIpc) is 2.36. The van der Waals surface area contributed by atoms with E-state index in [4.69, 9.17) is 11.5 Å². The van der Waals surface area contributed by atoms with E-state index in [1.165, 1.54) is 6.42 Å². The molecular weight excluding hydrogens is 256 g/mol. The molecule has 0 aromatic carbocycles. The fraction of sp³-hybridized carbons (Fsp3) is 0.857. The molecule has 0 bridgehead atoms. The summed E-state index contributed by atoms with van der Waals surface area (Å²) in [6, 6.07) is 0.224. The quantitative estimate of drug-likeness (QED) is 0.615. The van der Waals surface area contributed by atoms with Crippen LogP contribution in [-0.2, 0) is 9.59 Å². The van der Waals surface area contributed by atoms with Crippen molar-refractivity contribution in [2.45, 2.75) is 44.6 Å². The summed E-state index contributed by atoms with van der Waals surface area (Å²) in [6.07, 6.45) is 5.67. The number of nitrogens with zero attached hydrogens (tertiary/aromatic N) is 1. The lowest BCUT2D eigenvalue weighted by Gasteiger charge is -2.41. The summed E-state index contributed by atoms with van der Waals surface area (Å²) in [5.41, 5.74) is 11.0. The second-order valence-corrected chi connectivity index (χ2v) is 6.32. The zero-order valence-corrected chi connectivity index (χ0v) is 12.1. The molecule has 2 amide bonds. The molecule has 1 aliphatic heterocycles. The summed E-state index contributed by atoms with van der Waals surface area (Å²) in [7, 11) is 0. The highest BCUT2D eigenvalue weighted by Crippen LogP contribution is 2.42. The van der Waals surface area contributed by atoms with Crippen molar-refractivity contribution in [1.82, 2.24) is 10.2 Å². The van der Waals surface area contributed by atoms with Crippen molar-refractivity contribution in [3.05, 3.63) is 0 Å². The minimum Gasteiger partial charge on any atom is -0.369 e. The molecule has 5 N–H and O–H groups in total. The second kappa shape index (κ2) is 6.54. The fourth-order valence-electron chi connectivity index (χ4n) is 3.20. The third-order valence-corrected chi connectivity index (χ3v) is 4.71. The van der Waals surface area contributed by atoms with E-state index in [-0.39, 0.29) is 23.3 Å². The van der Waals surface area contributed by atoms with Gasteiger partial charge < -0.3 is 16.8 Å². The van der Waals surface area contributed by atoms with E-state index < -0.39 is 0 Å². The highest BCUT2D eigenvalue weighted by Gasteiger charge is 2.37. The van der Waals surface area contributed by atoms with E-state index in [0.29, 0.717) is 19.5 Å². The van der Waals surface area contributed by atoms with Gasteiger partial charge in [0, 0.05) is 25.6 Å². The molecule has 0 radical (unpaired) electrons. The van der Waals surface area contributed by atoms with Crippen molar-refractivity contribution in [1.29, 1.82) is 0 Å². The lowest BCUT2D eigenvalue weighted by molar-refractivity contribution is -0.126. The highest BCUT2D eigenvalue weighted by atomic mass is 16.2. The molecule has 2 rings (SSSR count). The molecule has 1 aliphatic carbocycles. The largest absolute Gasteiger partial charge is 0.369 e. The standard InChI is InChI=1S/C14H26N4O2/c15-10-14(4-1-5-14)8-13(20)17-11-2-6-18(7-3-11)9-12(16)19/h11H,1-10,15H2,(H2,16,19)(H,17,20). The predicted octanol–water partition coefficient (Wildman–Crippen LogP) is -0.429. The maximum absolute atomic E-state index is 12.1. The van der Waals surface area contributed by atoms with Crippen molar-refractivity contribution < 1.29 is 9.59 Å². The number of carbonyl (C=O) groups is 2. The van der Waals surface area contributed by atoms with Gasteiger partial charge in [-0.15, -0.1) is 0 Å². The number of amides is 2. The number of nitrogens with one attached hydrogen (secondary N) is 1. The summed E-state index contributed by atoms with van der Waals surface area (Å²) in [4.78, 5) is 25.0. The molecule has 20 heavy (non-hydrogen) atoms. The average molecular weight is 282 g/mol. The monoisotopic (exact) mass is 282 g/mol. The van der Waals surface area contributed by atoms with Gasteiger partial charge >= 0.3 is 0 Å². The van der Waals surface area contributed by atoms with Gasteiger partial charge in [0.2, 0.25) is 11.8 Å². The Hall–Kier alpha value is -1.14. The summed E-state index contributed by atoms with van der Waals surface area (Å²) in [6.45, 7) is 2.56. The summed E-state index contributed by atoms with van der Waals surface area (Å²) in [5, 5.41) is 3.11. The third kappa shape index (κ3) is 3.93. The minimum absolute atomic E-state index is 0.0662. The van der Waals surface area contributed by atoms with Gasteiger partial charge in [0.1, 0.15) is 0 Å². The van der Waals surface area contributed by atoms with Crippen LogP contribution in [0.4, 0.5) is 0 Å². The Morgan fingerprint density at radius 2 is 1.90 bits per heavy atom. The number of likely N-dealkylation sites (tertiary alicyclic amines) is 1. The first-order chi connectivity index (χ1) is 9.53. The Kier molecular flexibility index (Phi) is 4.99. The number of nitrogens with two attached hydrogens (primary N) is 2. The maximum Gasteiger partial charge on any atom is 0.231 e. The Morgan fingerprint density at radius 1 is 1.25 bits per heavy atom. The van der Waals surface area contributed by atoms with Gasteiger partial charge in [-0.3, -0.25) is 14.5 Å². The highest BCUT2D eigenvalue weighted by molar-refractivity contribution is 5.77. The van der Waals surface area contributed by atoms with Crippen LogP contribution in [0.25, 0.3) is 0 Å². The van der Waals surface area contributed by atoms with Gasteiger partial charge in [-0.2, -0.15) is 0 Å². The zero-order chi connectivity index (χ0) is 14.6. The molecule has 6 heteroatoms. The topological polar surface area (TPSA) is 101 Å². The Morgan fingerprint density at radius 3 is 2.35 bits per heavy atom. The number of rotatable bonds is 6. The zero-order valence-electron chi connectivity index (χ0n) is 12.1. The normalized spacial score (nSPS) is 23.1. The van der Waals surface area contributed by atoms with Crippen molar-refractivity contribution >= 4 is 11.8 Å². The molecular formula is C14H26N4O2. The first-order valence-corrected chi connectivity index (χ1v) is 7.53. The molecule has 0 unspecified atom stereocenters. The lowest BCUT2D eigenvalue weighted by atomic mass is 9.66. The van der Waals surface area contributed by atoms with Crippen molar-refractivity contribution in [3.63, 3.8) is 0 Å². The molecule has 2 fully saturated rings. The van der Waals surface area contributed by atoms with Gasteiger partial charge in [-0.1, -0.05) is 6.42 Å². The van der Waals surface area contributed by atoms with Crippen molar-refractivity contribution in [2.24, 2.45) is 16.9 Å². The molecule has 1 saturated heterocycles. The van der Waals surface area contributed by atoms with E-state index in [9.17, 15) is 9.59 Å². The molecule has 0 atom stereocenters. The molecule has 6 nitrogen and oxygen atoms in total. The number of hydrogen-bond donors (Lipinski definition) is 3. The van der Waals surface area contributed by atoms with Crippen molar-refractivity contribution in [3.8, 4) is 0 Å². The predicted molar refractivity (Wildman–Crippen MR) is 76.8 cm³/mol. The van der Waals surface area contributed by atoms with Gasteiger partial charge in [-0.05, 0) is 37.6 Å². The summed E-state index contributed by atoms with van der Waals surface area (Å²) in [5.74, 6) is -0.161. The Bertz CT molecular complexity index is 355. The summed E-state index contributed by atoms with van der Waals surface area (Å²) >= 11 is 0. The SMILES string of the molecule is NCC1(CC(=O)NC2CCN(CC(N)=O)CC2)CCC1. The van der Waals surface area contributed by atoms with E-state index in [1.54, 1.807) is 0 Å². The van der Waals surface area contributed by atoms with E-state index in [1.807, 2.05) is 4.90 Å². The first kappa shape index (κ1) is 15.3. The number of primary amides is 1. The van der Waals surface area contributed by atoms with Crippen LogP contribution < -0.4 is 16.8 Å². The first-order valence-electron chi connectivity index (χ1n) is 7.53. The maximum atomic E-state index is 12.1. The van der Waals surface area contributed by atoms with Crippen LogP contribution in [0.3, 0.4) is 0 Å². The van der Waals surface area contributed by atoms with Crippen LogP contribution in [0, 0.1) is 5.41 Å². The van der Waals surface area contributed by atoms with Gasteiger partial charge in [-0.25, -0.2) is 0 Å². The third-order valence-electron chi connectivity index (χ3n) is 4.71. The van der Waals surface area contributed by atoms with Crippen LogP contribution in [0.2, 0.25) is 0 Å². The van der Waals surface area contributed by atoms with E-state index in [2.05, 4.69) is 5.32 Å². The number of carbonyl (C=O) groups excluding carboxylic acids is 2. The minimum atomic E-state index is -0.289. The Balaban J connectivity index is 1.69. The molecule has 1 saturated carbocycles. The molecule has 114 valence electrons. The molecule has 0 spiro atoms. The van der Waals surface area contributed by atoms with E-state index >= 15 is 0 Å². The molecule has 1 heterocycles. The number of hydrogen-bond acceptors (Lipinski definition) is 4. The van der Waals surface area contributed by atoms with Crippen LogP contribution in [0.15, 0.2) is 0 Å². The van der Waals surface area contributed by atoms with E-state index in [0.717, 1.165) is 38.8 Å². The van der Waals surface area contributed by atoms with Crippen LogP contribution in [0.1, 0.15) is 38.5 Å². The van der Waals surface area contributed by atoms with Crippen LogP contribution >= 0.6 is 0 Å². The number of piperidine rings is 1. The second-order valence-electron chi connectivity index (χ2n) is 6.32. The van der Waals surface area contributed by atoms with Gasteiger partial charge in [0.25, 0.3) is 0 Å². The lowest BCUT2D eigenvalue weighted by Crippen LogP contribution is -2.48.